The Morgan fingerprint density at radius 3 is 2.32 bits per heavy atom. The van der Waals surface area contributed by atoms with Gasteiger partial charge in [0.15, 0.2) is 0 Å². The lowest BCUT2D eigenvalue weighted by molar-refractivity contribution is -0.112. The number of anilines is 2. The second-order valence-corrected chi connectivity index (χ2v) is 7.09. The molecule has 0 saturated carbocycles. The molecule has 1 heterocycles. The number of benzene rings is 2. The molecule has 5 nitrogen and oxygen atoms in total. The molecule has 0 spiro atoms. The summed E-state index contributed by atoms with van der Waals surface area (Å²) in [5, 5.41) is 18.7. The number of halogens is 2. The summed E-state index contributed by atoms with van der Waals surface area (Å²) in [6.07, 6.45) is 3.20. The van der Waals surface area contributed by atoms with Gasteiger partial charge >= 0.3 is 0 Å². The van der Waals surface area contributed by atoms with Gasteiger partial charge in [-0.05, 0) is 29.8 Å². The van der Waals surface area contributed by atoms with E-state index in [1.807, 2.05) is 26.2 Å². The molecule has 0 bridgehead atoms. The van der Waals surface area contributed by atoms with Crippen molar-refractivity contribution in [2.45, 2.75) is 0 Å². The van der Waals surface area contributed by atoms with Crippen LogP contribution in [0, 0.1) is 22.7 Å². The number of carbonyl (C=O) groups is 1. The van der Waals surface area contributed by atoms with Crippen molar-refractivity contribution in [2.24, 2.45) is 0 Å². The predicted molar refractivity (Wildman–Crippen MR) is 111 cm³/mol. The third-order valence-electron chi connectivity index (χ3n) is 4.09. The minimum Gasteiger partial charge on any atom is -0.383 e. The van der Waals surface area contributed by atoms with Crippen molar-refractivity contribution < 1.29 is 4.79 Å². The van der Waals surface area contributed by atoms with Crippen molar-refractivity contribution in [3.05, 3.63) is 69.3 Å². The van der Waals surface area contributed by atoms with E-state index in [1.54, 1.807) is 47.5 Å². The largest absolute Gasteiger partial charge is 0.383 e. The molecule has 1 aliphatic heterocycles. The van der Waals surface area contributed by atoms with Crippen LogP contribution in [0.15, 0.2) is 48.2 Å². The first-order valence-electron chi connectivity index (χ1n) is 8.20. The normalized spacial score (nSPS) is 13.7. The SMILES string of the molecule is CN(C)C=C1C(=O)N(c2c(Cl)cccc2Cl)c2cc(C=C(C#N)C#N)ccc21. The van der Waals surface area contributed by atoms with Gasteiger partial charge in [-0.3, -0.25) is 9.69 Å². The minimum absolute atomic E-state index is 0.0318. The Bertz CT molecular complexity index is 1080. The molecule has 0 aliphatic carbocycles. The molecule has 2 aromatic rings. The summed E-state index contributed by atoms with van der Waals surface area (Å²) in [5.74, 6) is -0.263. The summed E-state index contributed by atoms with van der Waals surface area (Å²) in [4.78, 5) is 16.5. The number of para-hydroxylation sites is 1. The fraction of sp³-hybridized carbons (Fsp3) is 0.0952. The van der Waals surface area contributed by atoms with E-state index in [4.69, 9.17) is 33.7 Å². The summed E-state index contributed by atoms with van der Waals surface area (Å²) < 4.78 is 0. The van der Waals surface area contributed by atoms with Gasteiger partial charge in [-0.1, -0.05) is 41.4 Å². The average molecular weight is 409 g/mol. The maximum atomic E-state index is 13.2. The molecule has 0 saturated heterocycles. The van der Waals surface area contributed by atoms with Gasteiger partial charge in [0.1, 0.15) is 17.7 Å². The highest BCUT2D eigenvalue weighted by molar-refractivity contribution is 6.43. The van der Waals surface area contributed by atoms with E-state index in [1.165, 1.54) is 11.0 Å². The number of nitriles is 2. The second kappa shape index (κ2) is 7.78. The molecular formula is C21H14Cl2N4O. The molecule has 0 radical (unpaired) electrons. The lowest BCUT2D eigenvalue weighted by atomic mass is 10.0. The van der Waals surface area contributed by atoms with Crippen molar-refractivity contribution in [2.75, 3.05) is 19.0 Å². The Morgan fingerprint density at radius 2 is 1.75 bits per heavy atom. The van der Waals surface area contributed by atoms with Crippen LogP contribution in [0.3, 0.4) is 0 Å². The molecule has 3 rings (SSSR count). The standard InChI is InChI=1S/C21H14Cl2N4O/c1-26(2)12-16-15-7-6-13(8-14(10-24)11-25)9-19(15)27(21(16)28)20-17(22)4-3-5-18(20)23/h3-9,12H,1-2H3. The molecule has 1 aliphatic rings. The number of amides is 1. The summed E-state index contributed by atoms with van der Waals surface area (Å²) in [5.41, 5.74) is 2.76. The third-order valence-corrected chi connectivity index (χ3v) is 4.70. The van der Waals surface area contributed by atoms with Crippen LogP contribution >= 0.6 is 23.2 Å². The fourth-order valence-electron chi connectivity index (χ4n) is 2.96. The third kappa shape index (κ3) is 3.46. The molecular weight excluding hydrogens is 395 g/mol. The first-order valence-corrected chi connectivity index (χ1v) is 8.96. The van der Waals surface area contributed by atoms with Gasteiger partial charge in [0.05, 0.1) is 27.0 Å². The number of allylic oxidation sites excluding steroid dienone is 1. The highest BCUT2D eigenvalue weighted by Gasteiger charge is 2.36. The maximum absolute atomic E-state index is 13.2. The van der Waals surface area contributed by atoms with E-state index in [0.29, 0.717) is 38.1 Å². The number of nitrogens with zero attached hydrogens (tertiary/aromatic N) is 4. The van der Waals surface area contributed by atoms with Crippen molar-refractivity contribution in [3.8, 4) is 12.1 Å². The van der Waals surface area contributed by atoms with Crippen LogP contribution in [-0.2, 0) is 4.79 Å². The number of rotatable bonds is 3. The summed E-state index contributed by atoms with van der Waals surface area (Å²) in [6, 6.07) is 14.0. The fourth-order valence-corrected chi connectivity index (χ4v) is 3.53. The number of fused-ring (bicyclic) bond motifs is 1. The molecule has 0 N–H and O–H groups in total. The Morgan fingerprint density at radius 1 is 1.11 bits per heavy atom. The van der Waals surface area contributed by atoms with Gasteiger partial charge in [-0.2, -0.15) is 10.5 Å². The van der Waals surface area contributed by atoms with E-state index < -0.39 is 0 Å². The molecule has 28 heavy (non-hydrogen) atoms. The lowest BCUT2D eigenvalue weighted by Crippen LogP contribution is -2.22. The molecule has 0 unspecified atom stereocenters. The second-order valence-electron chi connectivity index (χ2n) is 6.28. The van der Waals surface area contributed by atoms with Gasteiger partial charge in [0.2, 0.25) is 0 Å². The van der Waals surface area contributed by atoms with Crippen LogP contribution in [0.5, 0.6) is 0 Å². The predicted octanol–water partition coefficient (Wildman–Crippen LogP) is 5.00. The van der Waals surface area contributed by atoms with Gasteiger partial charge in [-0.15, -0.1) is 0 Å². The van der Waals surface area contributed by atoms with Crippen molar-refractivity contribution in [3.63, 3.8) is 0 Å². The van der Waals surface area contributed by atoms with Gasteiger partial charge in [-0.25, -0.2) is 0 Å². The zero-order valence-electron chi connectivity index (χ0n) is 15.1. The lowest BCUT2D eigenvalue weighted by Gasteiger charge is -2.20. The highest BCUT2D eigenvalue weighted by atomic mass is 35.5. The molecule has 138 valence electrons. The molecule has 0 fully saturated rings. The van der Waals surface area contributed by atoms with Crippen molar-refractivity contribution in [1.82, 2.24) is 4.90 Å². The quantitative estimate of drug-likeness (QED) is 0.528. The van der Waals surface area contributed by atoms with Crippen LogP contribution in [0.4, 0.5) is 11.4 Å². The minimum atomic E-state index is -0.263. The zero-order chi connectivity index (χ0) is 20.4. The van der Waals surface area contributed by atoms with Crippen LogP contribution < -0.4 is 4.90 Å². The van der Waals surface area contributed by atoms with Crippen LogP contribution in [0.2, 0.25) is 10.0 Å². The summed E-state index contributed by atoms with van der Waals surface area (Å²) in [6.45, 7) is 0. The van der Waals surface area contributed by atoms with Crippen LogP contribution in [0.1, 0.15) is 11.1 Å². The van der Waals surface area contributed by atoms with E-state index >= 15 is 0 Å². The molecule has 2 aromatic carbocycles. The molecule has 0 atom stereocenters. The van der Waals surface area contributed by atoms with Gasteiger partial charge < -0.3 is 4.90 Å². The average Bonchev–Trinajstić information content (AvgIpc) is 2.91. The monoisotopic (exact) mass is 408 g/mol. The van der Waals surface area contributed by atoms with E-state index in [0.717, 1.165) is 0 Å². The first kappa shape index (κ1) is 19.5. The van der Waals surface area contributed by atoms with Crippen molar-refractivity contribution in [1.29, 1.82) is 10.5 Å². The van der Waals surface area contributed by atoms with Gasteiger partial charge in [0.25, 0.3) is 5.91 Å². The summed E-state index contributed by atoms with van der Waals surface area (Å²) >= 11 is 12.7. The topological polar surface area (TPSA) is 71.1 Å². The Labute approximate surface area is 172 Å². The Balaban J connectivity index is 2.27. The van der Waals surface area contributed by atoms with Crippen LogP contribution in [-0.4, -0.2) is 24.9 Å². The summed E-state index contributed by atoms with van der Waals surface area (Å²) in [7, 11) is 3.66. The zero-order valence-corrected chi connectivity index (χ0v) is 16.6. The Kier molecular flexibility index (Phi) is 5.42. The smallest absolute Gasteiger partial charge is 0.265 e. The number of hydrogen-bond donors (Lipinski definition) is 0. The molecule has 7 heteroatoms. The van der Waals surface area contributed by atoms with E-state index in [2.05, 4.69) is 0 Å². The van der Waals surface area contributed by atoms with Crippen molar-refractivity contribution >= 4 is 52.1 Å². The Hall–Kier alpha value is -3.25. The number of carbonyl (C=O) groups excluding carboxylic acids is 1. The van der Waals surface area contributed by atoms with E-state index in [-0.39, 0.29) is 11.5 Å². The maximum Gasteiger partial charge on any atom is 0.265 e. The first-order chi connectivity index (χ1) is 13.4. The van der Waals surface area contributed by atoms with Crippen LogP contribution in [0.25, 0.3) is 11.6 Å². The number of hydrogen-bond acceptors (Lipinski definition) is 4. The van der Waals surface area contributed by atoms with E-state index in [9.17, 15) is 4.79 Å². The molecule has 0 aromatic heterocycles. The van der Waals surface area contributed by atoms with Gasteiger partial charge in [0, 0.05) is 25.9 Å². The molecule has 1 amide bonds. The highest BCUT2D eigenvalue weighted by Crippen LogP contribution is 2.47.